The monoisotopic (exact) mass is 382 g/mol. The maximum atomic E-state index is 9.42. The molecule has 4 aromatic rings. The summed E-state index contributed by atoms with van der Waals surface area (Å²) in [5, 5.41) is 12.6. The first-order chi connectivity index (χ1) is 14.1. The number of nitrogen functional groups attached to an aromatic ring is 1. The highest BCUT2D eigenvalue weighted by Gasteiger charge is 2.13. The van der Waals surface area contributed by atoms with Crippen LogP contribution in [0.1, 0.15) is 5.56 Å². The number of hydrogen-bond donors (Lipinski definition) is 2. The number of nitrogens with two attached hydrogens (primary N) is 1. The van der Waals surface area contributed by atoms with E-state index in [1.807, 2.05) is 60.3 Å². The van der Waals surface area contributed by atoms with E-state index >= 15 is 0 Å². The number of nitrogens with zero attached hydrogens (tertiary/aromatic N) is 4. The van der Waals surface area contributed by atoms with Crippen molar-refractivity contribution in [1.29, 1.82) is 5.26 Å². The Kier molecular flexibility index (Phi) is 4.82. The molecule has 7 heteroatoms. The van der Waals surface area contributed by atoms with Gasteiger partial charge in [-0.2, -0.15) is 10.2 Å². The van der Waals surface area contributed by atoms with Gasteiger partial charge in [0, 0.05) is 18.8 Å². The molecule has 0 saturated heterocycles. The van der Waals surface area contributed by atoms with Crippen molar-refractivity contribution in [2.45, 2.75) is 0 Å². The smallest absolute Gasteiger partial charge is 0.241 e. The van der Waals surface area contributed by atoms with E-state index in [2.05, 4.69) is 21.4 Å². The van der Waals surface area contributed by atoms with Gasteiger partial charge in [0.1, 0.15) is 23.2 Å². The molecule has 0 bridgehead atoms. The van der Waals surface area contributed by atoms with Crippen molar-refractivity contribution in [3.8, 4) is 29.0 Å². The van der Waals surface area contributed by atoms with E-state index in [0.717, 1.165) is 16.9 Å². The zero-order valence-electron chi connectivity index (χ0n) is 15.7. The molecule has 2 heterocycles. The zero-order chi connectivity index (χ0) is 20.2. The Morgan fingerprint density at radius 1 is 1.10 bits per heavy atom. The van der Waals surface area contributed by atoms with Crippen molar-refractivity contribution in [2.24, 2.45) is 7.05 Å². The molecular weight excluding hydrogens is 364 g/mol. The van der Waals surface area contributed by atoms with E-state index in [4.69, 9.17) is 10.5 Å². The largest absolute Gasteiger partial charge is 0.438 e. The van der Waals surface area contributed by atoms with Gasteiger partial charge in [-0.25, -0.2) is 4.98 Å². The number of ether oxygens (including phenoxy) is 1. The van der Waals surface area contributed by atoms with Crippen molar-refractivity contribution in [3.05, 3.63) is 78.8 Å². The molecular formula is C22H18N6O. The molecule has 0 radical (unpaired) electrons. The highest BCUT2D eigenvalue weighted by atomic mass is 16.5. The van der Waals surface area contributed by atoms with Gasteiger partial charge < -0.3 is 20.4 Å². The number of aromatic nitrogens is 3. The molecule has 2 aromatic heterocycles. The topological polar surface area (TPSA) is 102 Å². The predicted molar refractivity (Wildman–Crippen MR) is 112 cm³/mol. The van der Waals surface area contributed by atoms with Gasteiger partial charge in [-0.15, -0.1) is 0 Å². The molecule has 2 aromatic carbocycles. The second kappa shape index (κ2) is 7.74. The molecule has 142 valence electrons. The Bertz CT molecular complexity index is 1180. The molecule has 0 fully saturated rings. The molecule has 29 heavy (non-hydrogen) atoms. The van der Waals surface area contributed by atoms with Gasteiger partial charge in [0.2, 0.25) is 5.88 Å². The van der Waals surface area contributed by atoms with Crippen LogP contribution in [0.5, 0.6) is 11.6 Å². The minimum absolute atomic E-state index is 0.160. The summed E-state index contributed by atoms with van der Waals surface area (Å²) in [5.41, 5.74) is 9.45. The lowest BCUT2D eigenvalue weighted by Crippen LogP contribution is -2.02. The summed E-state index contributed by atoms with van der Waals surface area (Å²) in [6, 6.07) is 20.7. The Hall–Kier alpha value is -4.31. The second-order valence-electron chi connectivity index (χ2n) is 6.40. The number of aryl methyl sites for hydroxylation is 1. The standard InChI is InChI=1S/C22H18N6O/c1-28-14-25-13-20(28)15-7-9-16(10-8-15)26-21-11-19(24)18(12-23)22(27-21)29-17-5-3-2-4-6-17/h2-11,13-14H,1H3,(H3,24,26,27). The van der Waals surface area contributed by atoms with Gasteiger partial charge >= 0.3 is 0 Å². The van der Waals surface area contributed by atoms with Crippen LogP contribution in [0.3, 0.4) is 0 Å². The number of pyridine rings is 1. The van der Waals surface area contributed by atoms with Crippen molar-refractivity contribution >= 4 is 17.2 Å². The number of rotatable bonds is 5. The molecule has 3 N–H and O–H groups in total. The Labute approximate surface area is 168 Å². The highest BCUT2D eigenvalue weighted by Crippen LogP contribution is 2.30. The fourth-order valence-electron chi connectivity index (χ4n) is 2.90. The number of para-hydroxylation sites is 1. The SMILES string of the molecule is Cn1cncc1-c1ccc(Nc2cc(N)c(C#N)c(Oc3ccccc3)n2)cc1. The minimum Gasteiger partial charge on any atom is -0.438 e. The van der Waals surface area contributed by atoms with Gasteiger partial charge in [-0.05, 0) is 29.8 Å². The van der Waals surface area contributed by atoms with Crippen LogP contribution < -0.4 is 15.8 Å². The predicted octanol–water partition coefficient (Wildman–Crippen LogP) is 4.47. The number of imidazole rings is 1. The molecule has 0 aliphatic heterocycles. The van der Waals surface area contributed by atoms with Gasteiger partial charge in [-0.3, -0.25) is 0 Å². The summed E-state index contributed by atoms with van der Waals surface area (Å²) in [7, 11) is 1.95. The van der Waals surface area contributed by atoms with Crippen molar-refractivity contribution < 1.29 is 4.74 Å². The van der Waals surface area contributed by atoms with Gasteiger partial charge in [0.15, 0.2) is 0 Å². The van der Waals surface area contributed by atoms with Crippen molar-refractivity contribution in [2.75, 3.05) is 11.1 Å². The average molecular weight is 382 g/mol. The minimum atomic E-state index is 0.160. The first-order valence-corrected chi connectivity index (χ1v) is 8.91. The molecule has 4 rings (SSSR count). The fraction of sp³-hybridized carbons (Fsp3) is 0.0455. The van der Waals surface area contributed by atoms with Crippen molar-refractivity contribution in [3.63, 3.8) is 0 Å². The lowest BCUT2D eigenvalue weighted by Gasteiger charge is -2.12. The van der Waals surface area contributed by atoms with Crippen LogP contribution in [0.2, 0.25) is 0 Å². The molecule has 0 unspecified atom stereocenters. The maximum Gasteiger partial charge on any atom is 0.241 e. The normalized spacial score (nSPS) is 10.3. The fourth-order valence-corrected chi connectivity index (χ4v) is 2.90. The van der Waals surface area contributed by atoms with Crippen LogP contribution in [0.25, 0.3) is 11.3 Å². The first kappa shape index (κ1) is 18.1. The van der Waals surface area contributed by atoms with Crippen LogP contribution in [-0.2, 0) is 7.05 Å². The summed E-state index contributed by atoms with van der Waals surface area (Å²) in [4.78, 5) is 8.57. The number of hydrogen-bond acceptors (Lipinski definition) is 6. The van der Waals surface area contributed by atoms with Gasteiger partial charge in [0.25, 0.3) is 0 Å². The van der Waals surface area contributed by atoms with E-state index in [1.165, 1.54) is 0 Å². The lowest BCUT2D eigenvalue weighted by molar-refractivity contribution is 0.462. The molecule has 0 aliphatic rings. The first-order valence-electron chi connectivity index (χ1n) is 8.91. The molecule has 0 amide bonds. The van der Waals surface area contributed by atoms with Crippen LogP contribution in [-0.4, -0.2) is 14.5 Å². The van der Waals surface area contributed by atoms with Gasteiger partial charge in [0.05, 0.1) is 23.9 Å². The third kappa shape index (κ3) is 3.87. The zero-order valence-corrected chi connectivity index (χ0v) is 15.7. The molecule has 0 atom stereocenters. The summed E-state index contributed by atoms with van der Waals surface area (Å²) in [6.45, 7) is 0. The third-order valence-corrected chi connectivity index (χ3v) is 4.36. The molecule has 0 saturated carbocycles. The summed E-state index contributed by atoms with van der Waals surface area (Å²) in [5.74, 6) is 1.22. The van der Waals surface area contributed by atoms with Crippen molar-refractivity contribution in [1.82, 2.24) is 14.5 Å². The van der Waals surface area contributed by atoms with E-state index in [1.54, 1.807) is 24.5 Å². The van der Waals surface area contributed by atoms with Crippen LogP contribution in [0.4, 0.5) is 17.2 Å². The highest BCUT2D eigenvalue weighted by molar-refractivity contribution is 5.69. The van der Waals surface area contributed by atoms with E-state index in [0.29, 0.717) is 17.3 Å². The Balaban J connectivity index is 1.60. The summed E-state index contributed by atoms with van der Waals surface area (Å²) >= 11 is 0. The summed E-state index contributed by atoms with van der Waals surface area (Å²) < 4.78 is 7.73. The van der Waals surface area contributed by atoms with E-state index in [9.17, 15) is 5.26 Å². The second-order valence-corrected chi connectivity index (χ2v) is 6.40. The number of nitrogens with one attached hydrogen (secondary N) is 1. The van der Waals surface area contributed by atoms with Crippen LogP contribution in [0, 0.1) is 11.3 Å². The molecule has 0 spiro atoms. The lowest BCUT2D eigenvalue weighted by atomic mass is 10.1. The average Bonchev–Trinajstić information content (AvgIpc) is 3.15. The third-order valence-electron chi connectivity index (χ3n) is 4.36. The van der Waals surface area contributed by atoms with Crippen LogP contribution in [0.15, 0.2) is 73.2 Å². The van der Waals surface area contributed by atoms with Gasteiger partial charge in [-0.1, -0.05) is 30.3 Å². The number of nitriles is 1. The Morgan fingerprint density at radius 2 is 1.86 bits per heavy atom. The number of benzene rings is 2. The van der Waals surface area contributed by atoms with Crippen LogP contribution >= 0.6 is 0 Å². The number of anilines is 3. The molecule has 0 aliphatic carbocycles. The maximum absolute atomic E-state index is 9.42. The summed E-state index contributed by atoms with van der Waals surface area (Å²) in [6.07, 6.45) is 3.58. The molecule has 7 nitrogen and oxygen atoms in total. The Morgan fingerprint density at radius 3 is 2.52 bits per heavy atom. The van der Waals surface area contributed by atoms with E-state index < -0.39 is 0 Å². The van der Waals surface area contributed by atoms with E-state index in [-0.39, 0.29) is 11.4 Å². The quantitative estimate of drug-likeness (QED) is 0.528.